The van der Waals surface area contributed by atoms with Crippen LogP contribution in [-0.2, 0) is 26.3 Å². The predicted octanol–water partition coefficient (Wildman–Crippen LogP) is 6.81. The lowest BCUT2D eigenvalue weighted by molar-refractivity contribution is -0.136. The summed E-state index contributed by atoms with van der Waals surface area (Å²) in [5, 5.41) is 2.72. The van der Waals surface area contributed by atoms with Crippen LogP contribution in [0.5, 0.6) is 5.75 Å². The van der Waals surface area contributed by atoms with Crippen molar-refractivity contribution in [1.29, 1.82) is 0 Å². The number of ketones is 1. The Morgan fingerprint density at radius 1 is 0.863 bits per heavy atom. The second-order valence-electron chi connectivity index (χ2n) is 20.6. The molecule has 384 valence electrons. The molecule has 1 spiro atoms. The maximum Gasteiger partial charge on any atom is 0.301 e. The number of carbonyl (C=O) groups is 4. The Bertz CT molecular complexity index is 3110. The third kappa shape index (κ3) is 9.41. The van der Waals surface area contributed by atoms with Crippen LogP contribution < -0.4 is 24.6 Å². The number of piperidine rings is 4. The Kier molecular flexibility index (Phi) is 13.0. The zero-order valence-corrected chi connectivity index (χ0v) is 41.4. The summed E-state index contributed by atoms with van der Waals surface area (Å²) in [6.45, 7) is 6.87. The first-order valence-electron chi connectivity index (χ1n) is 25.3. The molecule has 1 unspecified atom stereocenters. The average molecular weight is 1020 g/mol. The predicted molar refractivity (Wildman–Crippen MR) is 268 cm³/mol. The van der Waals surface area contributed by atoms with Crippen molar-refractivity contribution in [3.63, 3.8) is 0 Å². The van der Waals surface area contributed by atoms with Crippen LogP contribution in [0.4, 0.5) is 30.2 Å². The first-order chi connectivity index (χ1) is 35.2. The second kappa shape index (κ2) is 19.4. The largest absolute Gasteiger partial charge is 0.496 e. The number of benzene rings is 3. The lowest BCUT2D eigenvalue weighted by Gasteiger charge is -2.48. The number of amides is 3. The quantitative estimate of drug-likeness (QED) is 0.0883. The van der Waals surface area contributed by atoms with Gasteiger partial charge in [0.05, 0.1) is 23.9 Å². The molecule has 5 fully saturated rings. The third-order valence-corrected chi connectivity index (χ3v) is 17.8. The van der Waals surface area contributed by atoms with Crippen LogP contribution in [0.1, 0.15) is 89.6 Å². The average Bonchev–Trinajstić information content (AvgIpc) is 4.13. The fourth-order valence-corrected chi connectivity index (χ4v) is 13.3. The van der Waals surface area contributed by atoms with E-state index in [1.165, 1.54) is 19.0 Å². The van der Waals surface area contributed by atoms with Crippen LogP contribution in [-0.4, -0.2) is 134 Å². The van der Waals surface area contributed by atoms with Gasteiger partial charge in [0.1, 0.15) is 29.4 Å². The Morgan fingerprint density at radius 3 is 2.29 bits per heavy atom. The van der Waals surface area contributed by atoms with Gasteiger partial charge in [-0.1, -0.05) is 12.1 Å². The smallest absolute Gasteiger partial charge is 0.301 e. The first-order valence-corrected chi connectivity index (χ1v) is 26.7. The number of ether oxygens (including phenoxy) is 1. The summed E-state index contributed by atoms with van der Waals surface area (Å²) in [7, 11) is -2.79. The molecular formula is C53H58F3N9O7S. The van der Waals surface area contributed by atoms with Crippen LogP contribution in [0.3, 0.4) is 0 Å². The van der Waals surface area contributed by atoms with Crippen molar-refractivity contribution >= 4 is 61.8 Å². The van der Waals surface area contributed by atoms with E-state index >= 15 is 8.78 Å². The summed E-state index contributed by atoms with van der Waals surface area (Å²) < 4.78 is 79.1. The number of hydrogen-bond acceptors (Lipinski definition) is 11. The summed E-state index contributed by atoms with van der Waals surface area (Å²) in [5.74, 6) is -3.38. The number of carbonyl (C=O) groups excluding carboxylic acids is 4. The van der Waals surface area contributed by atoms with Crippen molar-refractivity contribution in [2.75, 3.05) is 80.5 Å². The molecule has 2 atom stereocenters. The van der Waals surface area contributed by atoms with E-state index in [-0.39, 0.29) is 43.3 Å². The van der Waals surface area contributed by atoms with Crippen LogP contribution in [0.15, 0.2) is 67.0 Å². The number of H-pyrrole nitrogens is 1. The molecule has 3 amide bonds. The van der Waals surface area contributed by atoms with Crippen molar-refractivity contribution < 1.29 is 45.5 Å². The molecule has 0 bridgehead atoms. The van der Waals surface area contributed by atoms with E-state index in [1.54, 1.807) is 24.3 Å². The highest BCUT2D eigenvalue weighted by Crippen LogP contribution is 2.44. The lowest BCUT2D eigenvalue weighted by atomic mass is 9.71. The normalized spacial score (nSPS) is 22.1. The van der Waals surface area contributed by atoms with E-state index < -0.39 is 57.0 Å². The van der Waals surface area contributed by atoms with E-state index in [0.717, 1.165) is 110 Å². The Balaban J connectivity index is 0.666. The lowest BCUT2D eigenvalue weighted by Crippen LogP contribution is -2.52. The number of nitrogens with zero attached hydrogens (tertiary/aromatic N) is 6. The van der Waals surface area contributed by atoms with Crippen molar-refractivity contribution in [2.24, 2.45) is 11.3 Å². The van der Waals surface area contributed by atoms with E-state index in [2.05, 4.69) is 52.9 Å². The number of likely N-dealkylation sites (tertiary alicyclic amines) is 1. The van der Waals surface area contributed by atoms with Gasteiger partial charge in [0.25, 0.3) is 5.91 Å². The van der Waals surface area contributed by atoms with Crippen molar-refractivity contribution in [3.8, 4) is 16.9 Å². The highest BCUT2D eigenvalue weighted by atomic mass is 32.2. The minimum Gasteiger partial charge on any atom is -0.496 e. The molecule has 5 saturated heterocycles. The van der Waals surface area contributed by atoms with Crippen molar-refractivity contribution in [3.05, 3.63) is 101 Å². The summed E-state index contributed by atoms with van der Waals surface area (Å²) >= 11 is 0. The minimum absolute atomic E-state index is 0.00537. The van der Waals surface area contributed by atoms with E-state index in [0.29, 0.717) is 52.2 Å². The second-order valence-corrected chi connectivity index (χ2v) is 22.3. The zero-order valence-electron chi connectivity index (χ0n) is 40.6. The number of anilines is 3. The van der Waals surface area contributed by atoms with E-state index in [9.17, 15) is 32.0 Å². The molecule has 5 aromatic rings. The van der Waals surface area contributed by atoms with Gasteiger partial charge in [0.15, 0.2) is 5.82 Å². The SMILES string of the molecule is COc1cc(N2CCC(CN3CCC4(CC3)CCN(c3ccc(-c5cnc6[nH]cc(C(=O)c7c(F)ccc(NS(=O)(=O)N8CC[C@@H](F)C8)c7F)c6c5)cc3)CC4)CC2)cc2c1C(=O)N(C1CCC(=O)NC1=O)C2. The van der Waals surface area contributed by atoms with E-state index in [4.69, 9.17) is 4.74 Å². The number of imide groups is 1. The van der Waals surface area contributed by atoms with Gasteiger partial charge in [-0.25, -0.2) is 18.2 Å². The number of alkyl halides is 1. The monoisotopic (exact) mass is 1020 g/mol. The molecule has 2 aromatic heterocycles. The van der Waals surface area contributed by atoms with Gasteiger partial charge >= 0.3 is 10.2 Å². The number of nitrogens with one attached hydrogen (secondary N) is 3. The van der Waals surface area contributed by atoms with Gasteiger partial charge < -0.3 is 29.3 Å². The van der Waals surface area contributed by atoms with Crippen LogP contribution in [0, 0.1) is 23.0 Å². The molecule has 0 aliphatic carbocycles. The molecule has 3 N–H and O–H groups in total. The maximum atomic E-state index is 15.8. The third-order valence-electron chi connectivity index (χ3n) is 16.4. The van der Waals surface area contributed by atoms with Gasteiger partial charge in [-0.3, -0.25) is 29.2 Å². The fraction of sp³-hybridized carbons (Fsp3) is 0.453. The molecule has 0 saturated carbocycles. The molecule has 11 rings (SSSR count). The molecule has 6 aliphatic heterocycles. The highest BCUT2D eigenvalue weighted by Gasteiger charge is 2.42. The highest BCUT2D eigenvalue weighted by molar-refractivity contribution is 7.90. The van der Waals surface area contributed by atoms with Gasteiger partial charge in [-0.15, -0.1) is 0 Å². The van der Waals surface area contributed by atoms with Crippen LogP contribution in [0.2, 0.25) is 0 Å². The fourth-order valence-electron chi connectivity index (χ4n) is 12.0. The number of halogens is 3. The number of hydrogen-bond donors (Lipinski definition) is 3. The molecule has 8 heterocycles. The first kappa shape index (κ1) is 48.7. The molecule has 20 heteroatoms. The van der Waals surface area contributed by atoms with Gasteiger partial charge in [-0.2, -0.15) is 12.7 Å². The number of fused-ring (bicyclic) bond motifs is 2. The Morgan fingerprint density at radius 2 is 1.59 bits per heavy atom. The van der Waals surface area contributed by atoms with Gasteiger partial charge in [0.2, 0.25) is 17.6 Å². The van der Waals surface area contributed by atoms with Gasteiger partial charge in [-0.05, 0) is 123 Å². The number of aromatic nitrogens is 2. The summed E-state index contributed by atoms with van der Waals surface area (Å²) in [4.78, 5) is 68.1. The summed E-state index contributed by atoms with van der Waals surface area (Å²) in [6, 6.07) is 15.0. The number of aromatic amines is 1. The summed E-state index contributed by atoms with van der Waals surface area (Å²) in [5.41, 5.74) is 4.11. The number of pyridine rings is 1. The van der Waals surface area contributed by atoms with Crippen molar-refractivity contribution in [2.45, 2.75) is 76.5 Å². The van der Waals surface area contributed by atoms with Crippen LogP contribution in [0.25, 0.3) is 22.2 Å². The van der Waals surface area contributed by atoms with E-state index in [1.807, 2.05) is 18.2 Å². The van der Waals surface area contributed by atoms with Gasteiger partial charge in [0, 0.05) is 105 Å². The summed E-state index contributed by atoms with van der Waals surface area (Å²) in [6.07, 6.45) is 8.95. The van der Waals surface area contributed by atoms with Crippen molar-refractivity contribution in [1.82, 2.24) is 29.4 Å². The topological polar surface area (TPSA) is 181 Å². The van der Waals surface area contributed by atoms with Crippen LogP contribution >= 0.6 is 0 Å². The molecule has 6 aliphatic rings. The zero-order chi connectivity index (χ0) is 50.8. The Labute approximate surface area is 421 Å². The molecule has 16 nitrogen and oxygen atoms in total. The molecular weight excluding hydrogens is 964 g/mol. The molecule has 73 heavy (non-hydrogen) atoms. The Hall–Kier alpha value is -6.51. The standard InChI is InChI=1S/C53H58F3N9O7S/c1-72-44-26-38(24-35-30-65(52(69)46(35)44)43-8-9-45(66)59-51(43)68)62-17-10-32(11-18-62)29-61-20-13-53(14-21-61)15-22-63(23-16-53)37-4-2-33(3-5-37)34-25-39-40(28-58-50(39)57-27-34)49(67)47-41(55)6-7-42(48(47)56)60-73(70,71)64-19-12-36(54)31-64/h2-7,24-28,32,36,43,60H,8-23,29-31H2,1H3,(H,57,58)(H,59,66,68)/t36-,43?/m1/s1. The molecule has 0 radical (unpaired) electrons. The maximum absolute atomic E-state index is 15.8. The number of methoxy groups -OCH3 is 1. The molecule has 3 aromatic carbocycles. The minimum atomic E-state index is -4.36. The number of rotatable bonds is 12.